The number of amides is 1. The fourth-order valence-corrected chi connectivity index (χ4v) is 2.48. The molecule has 4 heteroatoms. The largest absolute Gasteiger partial charge is 0.469 e. The van der Waals surface area contributed by atoms with Gasteiger partial charge in [-0.2, -0.15) is 0 Å². The smallest absolute Gasteiger partial charge is 0.255 e. The predicted octanol–water partition coefficient (Wildman–Crippen LogP) is 1.98. The van der Waals surface area contributed by atoms with E-state index >= 15 is 0 Å². The van der Waals surface area contributed by atoms with Crippen molar-refractivity contribution in [2.24, 2.45) is 5.73 Å². The van der Waals surface area contributed by atoms with E-state index in [0.29, 0.717) is 12.1 Å². The van der Waals surface area contributed by atoms with Crippen LogP contribution in [-0.4, -0.2) is 18.0 Å². The summed E-state index contributed by atoms with van der Waals surface area (Å²) in [6.45, 7) is 2.34. The molecule has 1 fully saturated rings. The molecule has 0 aromatic carbocycles. The molecule has 0 radical (unpaired) electrons. The molecule has 1 saturated carbocycles. The lowest BCUT2D eigenvalue weighted by Crippen LogP contribution is -2.54. The zero-order valence-corrected chi connectivity index (χ0v) is 10.3. The summed E-state index contributed by atoms with van der Waals surface area (Å²) in [6, 6.07) is 1.75. The standard InChI is InChI=1S/C13H20N2O2/c1-10-7-11(8-17-10)12(16)15-13(9-14)5-3-2-4-6-13/h7-8H,2-6,9,14H2,1H3,(H,15,16). The molecule has 1 aromatic heterocycles. The van der Waals surface area contributed by atoms with Crippen LogP contribution in [0.5, 0.6) is 0 Å². The molecule has 3 N–H and O–H groups in total. The van der Waals surface area contributed by atoms with Gasteiger partial charge in [-0.1, -0.05) is 19.3 Å². The van der Waals surface area contributed by atoms with Crippen LogP contribution in [0.15, 0.2) is 16.7 Å². The summed E-state index contributed by atoms with van der Waals surface area (Å²) in [5.41, 5.74) is 6.21. The van der Waals surface area contributed by atoms with Gasteiger partial charge in [-0.25, -0.2) is 0 Å². The summed E-state index contributed by atoms with van der Waals surface area (Å²) in [6.07, 6.45) is 6.97. The van der Waals surface area contributed by atoms with Gasteiger partial charge in [0.15, 0.2) is 0 Å². The molecule has 1 aliphatic carbocycles. The Bertz CT molecular complexity index is 392. The van der Waals surface area contributed by atoms with Crippen LogP contribution in [0.4, 0.5) is 0 Å². The second kappa shape index (κ2) is 4.92. The summed E-state index contributed by atoms with van der Waals surface area (Å²) in [5.74, 6) is 0.676. The van der Waals surface area contributed by atoms with Gasteiger partial charge >= 0.3 is 0 Å². The number of hydrogen-bond donors (Lipinski definition) is 2. The van der Waals surface area contributed by atoms with Crippen molar-refractivity contribution in [1.82, 2.24) is 5.32 Å². The van der Waals surface area contributed by atoms with Gasteiger partial charge in [0.2, 0.25) is 0 Å². The highest BCUT2D eigenvalue weighted by molar-refractivity contribution is 5.94. The van der Waals surface area contributed by atoms with Crippen molar-refractivity contribution in [3.8, 4) is 0 Å². The molecule has 0 atom stereocenters. The predicted molar refractivity (Wildman–Crippen MR) is 65.8 cm³/mol. The first-order valence-electron chi connectivity index (χ1n) is 6.23. The highest BCUT2D eigenvalue weighted by Gasteiger charge is 2.32. The van der Waals surface area contributed by atoms with Gasteiger partial charge in [-0.3, -0.25) is 4.79 Å². The fraction of sp³-hybridized carbons (Fsp3) is 0.615. The third-order valence-electron chi connectivity index (χ3n) is 3.57. The third-order valence-corrected chi connectivity index (χ3v) is 3.57. The lowest BCUT2D eigenvalue weighted by molar-refractivity contribution is 0.0874. The van der Waals surface area contributed by atoms with Crippen molar-refractivity contribution in [2.75, 3.05) is 6.54 Å². The maximum absolute atomic E-state index is 12.1. The molecular weight excluding hydrogens is 216 g/mol. The summed E-state index contributed by atoms with van der Waals surface area (Å²) in [4.78, 5) is 12.1. The first kappa shape index (κ1) is 12.2. The number of aryl methyl sites for hydroxylation is 1. The molecule has 94 valence electrons. The fourth-order valence-electron chi connectivity index (χ4n) is 2.48. The average Bonchev–Trinajstić information content (AvgIpc) is 2.77. The van der Waals surface area contributed by atoms with Crippen molar-refractivity contribution < 1.29 is 9.21 Å². The number of carbonyl (C=O) groups is 1. The quantitative estimate of drug-likeness (QED) is 0.843. The molecule has 0 aliphatic heterocycles. The van der Waals surface area contributed by atoms with E-state index in [1.165, 1.54) is 12.7 Å². The van der Waals surface area contributed by atoms with E-state index < -0.39 is 0 Å². The molecule has 0 bridgehead atoms. The van der Waals surface area contributed by atoms with E-state index in [9.17, 15) is 4.79 Å². The van der Waals surface area contributed by atoms with E-state index in [1.807, 2.05) is 6.92 Å². The van der Waals surface area contributed by atoms with Crippen LogP contribution in [-0.2, 0) is 0 Å². The number of rotatable bonds is 3. The van der Waals surface area contributed by atoms with Gasteiger partial charge in [0.25, 0.3) is 5.91 Å². The van der Waals surface area contributed by atoms with E-state index in [2.05, 4.69) is 5.32 Å². The zero-order valence-electron chi connectivity index (χ0n) is 10.3. The summed E-state index contributed by atoms with van der Waals surface area (Å²) >= 11 is 0. The maximum atomic E-state index is 12.1. The van der Waals surface area contributed by atoms with Gasteiger partial charge in [0.05, 0.1) is 11.1 Å². The van der Waals surface area contributed by atoms with Crippen LogP contribution >= 0.6 is 0 Å². The van der Waals surface area contributed by atoms with Crippen molar-refractivity contribution in [1.29, 1.82) is 0 Å². The Morgan fingerprint density at radius 3 is 2.71 bits per heavy atom. The molecule has 1 aromatic rings. The maximum Gasteiger partial charge on any atom is 0.255 e. The van der Waals surface area contributed by atoms with Crippen molar-refractivity contribution >= 4 is 5.91 Å². The van der Waals surface area contributed by atoms with Crippen molar-refractivity contribution in [3.63, 3.8) is 0 Å². The average molecular weight is 236 g/mol. The Hall–Kier alpha value is -1.29. The Kier molecular flexibility index (Phi) is 3.52. The van der Waals surface area contributed by atoms with Gasteiger partial charge in [-0.05, 0) is 25.8 Å². The number of carbonyl (C=O) groups excluding carboxylic acids is 1. The van der Waals surface area contributed by atoms with E-state index in [1.54, 1.807) is 6.07 Å². The molecule has 17 heavy (non-hydrogen) atoms. The normalized spacial score (nSPS) is 18.9. The zero-order chi connectivity index (χ0) is 12.3. The summed E-state index contributed by atoms with van der Waals surface area (Å²) < 4.78 is 5.15. The van der Waals surface area contributed by atoms with Gasteiger partial charge < -0.3 is 15.5 Å². The second-order valence-corrected chi connectivity index (χ2v) is 4.95. The van der Waals surface area contributed by atoms with Crippen LogP contribution < -0.4 is 11.1 Å². The molecule has 4 nitrogen and oxygen atoms in total. The number of furan rings is 1. The molecule has 1 heterocycles. The van der Waals surface area contributed by atoms with Gasteiger partial charge in [-0.15, -0.1) is 0 Å². The Morgan fingerprint density at radius 1 is 1.47 bits per heavy atom. The number of nitrogens with two attached hydrogens (primary N) is 1. The van der Waals surface area contributed by atoms with E-state index in [0.717, 1.165) is 31.4 Å². The van der Waals surface area contributed by atoms with E-state index in [4.69, 9.17) is 10.2 Å². The Balaban J connectivity index is 2.05. The van der Waals surface area contributed by atoms with Crippen LogP contribution in [0.3, 0.4) is 0 Å². The molecule has 0 saturated heterocycles. The minimum Gasteiger partial charge on any atom is -0.469 e. The minimum atomic E-state index is -0.208. The molecule has 1 aliphatic rings. The number of nitrogens with one attached hydrogen (secondary N) is 1. The van der Waals surface area contributed by atoms with Crippen LogP contribution in [0.1, 0.15) is 48.2 Å². The lowest BCUT2D eigenvalue weighted by Gasteiger charge is -2.37. The van der Waals surface area contributed by atoms with Crippen molar-refractivity contribution in [2.45, 2.75) is 44.6 Å². The Morgan fingerprint density at radius 2 is 2.18 bits per heavy atom. The highest BCUT2D eigenvalue weighted by Crippen LogP contribution is 2.27. The minimum absolute atomic E-state index is 0.0748. The molecule has 2 rings (SSSR count). The van der Waals surface area contributed by atoms with Crippen LogP contribution in [0.2, 0.25) is 0 Å². The third kappa shape index (κ3) is 2.69. The van der Waals surface area contributed by atoms with Crippen LogP contribution in [0.25, 0.3) is 0 Å². The highest BCUT2D eigenvalue weighted by atomic mass is 16.3. The topological polar surface area (TPSA) is 68.3 Å². The van der Waals surface area contributed by atoms with Gasteiger partial charge in [0, 0.05) is 6.54 Å². The first-order valence-corrected chi connectivity index (χ1v) is 6.23. The SMILES string of the molecule is Cc1cc(C(=O)NC2(CN)CCCCC2)co1. The van der Waals surface area contributed by atoms with Crippen LogP contribution in [0, 0.1) is 6.92 Å². The van der Waals surface area contributed by atoms with Crippen molar-refractivity contribution in [3.05, 3.63) is 23.7 Å². The summed E-state index contributed by atoms with van der Waals surface area (Å²) in [5, 5.41) is 3.09. The molecular formula is C13H20N2O2. The first-order chi connectivity index (χ1) is 8.15. The van der Waals surface area contributed by atoms with E-state index in [-0.39, 0.29) is 11.4 Å². The van der Waals surface area contributed by atoms with Gasteiger partial charge in [0.1, 0.15) is 12.0 Å². The monoisotopic (exact) mass is 236 g/mol. The molecule has 0 unspecified atom stereocenters. The lowest BCUT2D eigenvalue weighted by atomic mass is 9.81. The molecule has 1 amide bonds. The Labute approximate surface area is 102 Å². The second-order valence-electron chi connectivity index (χ2n) is 4.95. The number of hydrogen-bond acceptors (Lipinski definition) is 3. The molecule has 0 spiro atoms. The summed E-state index contributed by atoms with van der Waals surface area (Å²) in [7, 11) is 0.